The molecular weight excluding hydrogens is 272 g/mol. The molecule has 2 nitrogen and oxygen atoms in total. The maximum atomic E-state index is 10.1. The zero-order valence-electron chi connectivity index (χ0n) is 14.5. The van der Waals surface area contributed by atoms with Crippen LogP contribution in [0.3, 0.4) is 0 Å². The molecule has 3 fully saturated rings. The number of fused-ring (bicyclic) bond motifs is 5. The minimum absolute atomic E-state index is 0.0888. The molecule has 4 aliphatic carbocycles. The zero-order valence-corrected chi connectivity index (χ0v) is 14.5. The Bertz CT molecular complexity index is 484. The Hall–Kier alpha value is -0.340. The van der Waals surface area contributed by atoms with Gasteiger partial charge in [0.05, 0.1) is 12.2 Å². The number of aliphatic hydroxyl groups is 1. The molecule has 2 heteroatoms. The monoisotopic (exact) mass is 304 g/mol. The summed E-state index contributed by atoms with van der Waals surface area (Å²) in [6, 6.07) is 0. The first-order chi connectivity index (χ1) is 10.5. The molecule has 0 amide bonds. The highest BCUT2D eigenvalue weighted by atomic mass is 16.5. The number of rotatable bonds is 1. The summed E-state index contributed by atoms with van der Waals surface area (Å²) < 4.78 is 5.86. The summed E-state index contributed by atoms with van der Waals surface area (Å²) in [4.78, 5) is 0. The van der Waals surface area contributed by atoms with Crippen molar-refractivity contribution in [2.24, 2.45) is 28.6 Å². The number of aliphatic hydroxyl groups excluding tert-OH is 1. The fourth-order valence-corrected chi connectivity index (χ4v) is 6.98. The summed E-state index contributed by atoms with van der Waals surface area (Å²) in [6.07, 6.45) is 12.6. The first kappa shape index (κ1) is 15.2. The third-order valence-electron chi connectivity index (χ3n) is 8.28. The summed E-state index contributed by atoms with van der Waals surface area (Å²) in [5.74, 6) is 2.54. The van der Waals surface area contributed by atoms with Crippen molar-refractivity contribution in [2.45, 2.75) is 77.4 Å². The van der Waals surface area contributed by atoms with Crippen LogP contribution in [0.15, 0.2) is 11.6 Å². The van der Waals surface area contributed by atoms with Gasteiger partial charge in [-0.3, -0.25) is 0 Å². The van der Waals surface area contributed by atoms with Gasteiger partial charge in [-0.1, -0.05) is 25.5 Å². The number of hydrogen-bond acceptors (Lipinski definition) is 2. The summed E-state index contributed by atoms with van der Waals surface area (Å²) in [5, 5.41) is 10.1. The van der Waals surface area contributed by atoms with Crippen molar-refractivity contribution in [1.29, 1.82) is 0 Å². The fraction of sp³-hybridized carbons (Fsp3) is 0.900. The van der Waals surface area contributed by atoms with Gasteiger partial charge in [0.25, 0.3) is 0 Å². The van der Waals surface area contributed by atoms with Crippen LogP contribution in [-0.2, 0) is 4.74 Å². The maximum absolute atomic E-state index is 10.1. The Labute approximate surface area is 135 Å². The molecule has 0 aliphatic heterocycles. The molecule has 0 aromatic heterocycles. The lowest BCUT2D eigenvalue weighted by atomic mass is 9.48. The second kappa shape index (κ2) is 5.08. The Morgan fingerprint density at radius 3 is 2.68 bits per heavy atom. The van der Waals surface area contributed by atoms with E-state index in [9.17, 15) is 5.11 Å². The quantitative estimate of drug-likeness (QED) is 0.731. The highest BCUT2D eigenvalue weighted by Gasteiger charge is 2.58. The molecule has 4 rings (SSSR count). The average molecular weight is 304 g/mol. The Morgan fingerprint density at radius 1 is 1.09 bits per heavy atom. The second-order valence-electron chi connectivity index (χ2n) is 9.00. The second-order valence-corrected chi connectivity index (χ2v) is 9.00. The summed E-state index contributed by atoms with van der Waals surface area (Å²) in [5.41, 5.74) is 2.36. The van der Waals surface area contributed by atoms with Gasteiger partial charge in [-0.15, -0.1) is 0 Å². The van der Waals surface area contributed by atoms with Crippen molar-refractivity contribution in [3.05, 3.63) is 11.6 Å². The van der Waals surface area contributed by atoms with Gasteiger partial charge in [0.2, 0.25) is 0 Å². The van der Waals surface area contributed by atoms with Crippen LogP contribution in [0.2, 0.25) is 0 Å². The van der Waals surface area contributed by atoms with Crippen molar-refractivity contribution in [2.75, 3.05) is 7.11 Å². The Kier molecular flexibility index (Phi) is 3.51. The topological polar surface area (TPSA) is 29.5 Å². The predicted molar refractivity (Wildman–Crippen MR) is 88.5 cm³/mol. The lowest BCUT2D eigenvalue weighted by Gasteiger charge is -2.57. The van der Waals surface area contributed by atoms with Crippen LogP contribution in [0, 0.1) is 28.6 Å². The van der Waals surface area contributed by atoms with Gasteiger partial charge in [-0.05, 0) is 80.0 Å². The van der Waals surface area contributed by atoms with Gasteiger partial charge in [-0.25, -0.2) is 0 Å². The van der Waals surface area contributed by atoms with Crippen LogP contribution in [0.1, 0.15) is 65.2 Å². The molecule has 7 atom stereocenters. The smallest absolute Gasteiger partial charge is 0.0627 e. The van der Waals surface area contributed by atoms with E-state index in [1.54, 1.807) is 5.57 Å². The van der Waals surface area contributed by atoms with Crippen LogP contribution in [-0.4, -0.2) is 24.4 Å². The fourth-order valence-electron chi connectivity index (χ4n) is 6.98. The van der Waals surface area contributed by atoms with Crippen molar-refractivity contribution in [3.63, 3.8) is 0 Å². The molecule has 124 valence electrons. The highest BCUT2D eigenvalue weighted by Crippen LogP contribution is 2.65. The maximum Gasteiger partial charge on any atom is 0.0627 e. The third kappa shape index (κ3) is 1.92. The molecule has 0 saturated heterocycles. The summed E-state index contributed by atoms with van der Waals surface area (Å²) in [7, 11) is 1.91. The molecule has 22 heavy (non-hydrogen) atoms. The highest BCUT2D eigenvalue weighted by molar-refractivity contribution is 5.25. The van der Waals surface area contributed by atoms with E-state index in [1.807, 2.05) is 7.11 Å². The van der Waals surface area contributed by atoms with Crippen LogP contribution in [0.4, 0.5) is 0 Å². The van der Waals surface area contributed by atoms with Gasteiger partial charge in [0, 0.05) is 7.11 Å². The first-order valence-electron chi connectivity index (χ1n) is 9.39. The molecule has 1 N–H and O–H groups in total. The van der Waals surface area contributed by atoms with E-state index in [-0.39, 0.29) is 6.10 Å². The zero-order chi connectivity index (χ0) is 15.5. The average Bonchev–Trinajstić information content (AvgIpc) is 2.84. The molecule has 0 heterocycles. The van der Waals surface area contributed by atoms with Crippen molar-refractivity contribution in [1.82, 2.24) is 0 Å². The van der Waals surface area contributed by atoms with E-state index in [0.717, 1.165) is 30.6 Å². The van der Waals surface area contributed by atoms with Crippen molar-refractivity contribution in [3.8, 4) is 0 Å². The summed E-state index contributed by atoms with van der Waals surface area (Å²) in [6.45, 7) is 5.01. The number of allylic oxidation sites excluding steroid dienone is 1. The third-order valence-corrected chi connectivity index (χ3v) is 8.28. The largest absolute Gasteiger partial charge is 0.393 e. The van der Waals surface area contributed by atoms with Crippen molar-refractivity contribution >= 4 is 0 Å². The van der Waals surface area contributed by atoms with E-state index in [2.05, 4.69) is 19.9 Å². The van der Waals surface area contributed by atoms with Gasteiger partial charge >= 0.3 is 0 Å². The van der Waals surface area contributed by atoms with Crippen molar-refractivity contribution < 1.29 is 9.84 Å². The molecule has 3 saturated carbocycles. The van der Waals surface area contributed by atoms with Crippen LogP contribution < -0.4 is 0 Å². The van der Waals surface area contributed by atoms with E-state index >= 15 is 0 Å². The lowest BCUT2D eigenvalue weighted by molar-refractivity contribution is -0.0820. The van der Waals surface area contributed by atoms with Gasteiger partial charge < -0.3 is 9.84 Å². The number of methoxy groups -OCH3 is 1. The molecular formula is C20H32O2. The van der Waals surface area contributed by atoms with E-state index in [0.29, 0.717) is 16.9 Å². The number of hydrogen-bond donors (Lipinski definition) is 1. The van der Waals surface area contributed by atoms with E-state index in [4.69, 9.17) is 4.74 Å². The van der Waals surface area contributed by atoms with Gasteiger partial charge in [0.1, 0.15) is 0 Å². The van der Waals surface area contributed by atoms with E-state index < -0.39 is 0 Å². The lowest BCUT2D eigenvalue weighted by Crippen LogP contribution is -2.51. The van der Waals surface area contributed by atoms with Gasteiger partial charge in [0.15, 0.2) is 0 Å². The Morgan fingerprint density at radius 2 is 1.91 bits per heavy atom. The first-order valence-corrected chi connectivity index (χ1v) is 9.39. The SMILES string of the molecule is CO[C@@H]1CC[C@H]2[C@@H]3CC=C4C[C@H](O)CC[C@]4(C)[C@H]3CC[C@]12C. The molecule has 0 unspecified atom stereocenters. The molecule has 4 aliphatic rings. The van der Waals surface area contributed by atoms with E-state index in [1.165, 1.54) is 38.5 Å². The predicted octanol–water partition coefficient (Wildman–Crippen LogP) is 4.33. The Balaban J connectivity index is 1.66. The minimum Gasteiger partial charge on any atom is -0.393 e. The standard InChI is InChI=1S/C20H32O2/c1-19-10-8-14(21)12-13(19)4-5-15-16-6-7-18(22-3)20(16,2)11-9-17(15)19/h4,14-18,21H,5-12H2,1-3H3/t14-,15+,16+,17+,18-,19+,20+/m1/s1. The molecule has 0 aromatic rings. The van der Waals surface area contributed by atoms with Gasteiger partial charge in [-0.2, -0.15) is 0 Å². The van der Waals surface area contributed by atoms with Crippen LogP contribution in [0.25, 0.3) is 0 Å². The molecule has 0 spiro atoms. The molecule has 0 aromatic carbocycles. The minimum atomic E-state index is -0.0888. The molecule has 0 radical (unpaired) electrons. The molecule has 0 bridgehead atoms. The normalized spacial score (nSPS) is 54.2. The number of ether oxygens (including phenoxy) is 1. The summed E-state index contributed by atoms with van der Waals surface area (Å²) >= 11 is 0. The van der Waals surface area contributed by atoms with Crippen LogP contribution in [0.5, 0.6) is 0 Å². The van der Waals surface area contributed by atoms with Crippen LogP contribution >= 0.6 is 0 Å².